The first-order valence-corrected chi connectivity index (χ1v) is 7.19. The number of rotatable bonds is 5. The number of benzene rings is 1. The Labute approximate surface area is 116 Å². The second-order valence-electron chi connectivity index (χ2n) is 3.96. The quantitative estimate of drug-likeness (QED) is 0.852. The van der Waals surface area contributed by atoms with E-state index in [0.717, 1.165) is 22.9 Å². The van der Waals surface area contributed by atoms with Crippen molar-refractivity contribution in [3.63, 3.8) is 0 Å². The van der Waals surface area contributed by atoms with Crippen LogP contribution in [0, 0.1) is 0 Å². The Bertz CT molecular complexity index is 593. The maximum Gasteiger partial charge on any atom is 0.338 e. The molecule has 0 aliphatic carbocycles. The van der Waals surface area contributed by atoms with E-state index in [9.17, 15) is 9.90 Å². The molecule has 0 saturated carbocycles. The molecule has 100 valence electrons. The number of hydrogen-bond acceptors (Lipinski definition) is 3. The van der Waals surface area contributed by atoms with Crippen molar-refractivity contribution in [1.82, 2.24) is 9.55 Å². The number of carboxylic acids is 1. The maximum absolute atomic E-state index is 11.6. The topological polar surface area (TPSA) is 55.1 Å². The number of carboxylic acid groups (broad SMARTS) is 1. The van der Waals surface area contributed by atoms with E-state index in [-0.39, 0.29) is 0 Å². The van der Waals surface area contributed by atoms with Gasteiger partial charge in [-0.05, 0) is 17.9 Å². The van der Waals surface area contributed by atoms with Gasteiger partial charge in [-0.15, -0.1) is 11.8 Å². The summed E-state index contributed by atoms with van der Waals surface area (Å²) in [4.78, 5) is 16.6. The highest BCUT2D eigenvalue weighted by atomic mass is 32.2. The standard InChI is InChI=1S/C14H16N2O2S/c1-3-12-15-8-9-16(12)10-6-5-7-11(19-4-2)13(10)14(17)18/h5-9H,3-4H2,1-2H3,(H,17,18). The molecule has 2 rings (SSSR count). The largest absolute Gasteiger partial charge is 0.478 e. The second kappa shape index (κ2) is 5.93. The van der Waals surface area contributed by atoms with Gasteiger partial charge in [0.1, 0.15) is 5.82 Å². The lowest BCUT2D eigenvalue weighted by Crippen LogP contribution is -2.09. The Kier molecular flexibility index (Phi) is 4.27. The molecular weight excluding hydrogens is 260 g/mol. The Morgan fingerprint density at radius 2 is 2.21 bits per heavy atom. The Balaban J connectivity index is 2.63. The first-order valence-electron chi connectivity index (χ1n) is 6.20. The average molecular weight is 276 g/mol. The molecule has 0 amide bonds. The molecule has 1 aromatic heterocycles. The maximum atomic E-state index is 11.6. The van der Waals surface area contributed by atoms with Gasteiger partial charge in [0.15, 0.2) is 0 Å². The van der Waals surface area contributed by atoms with Gasteiger partial charge >= 0.3 is 5.97 Å². The zero-order valence-corrected chi connectivity index (χ0v) is 11.8. The number of thioether (sulfide) groups is 1. The van der Waals surface area contributed by atoms with Gasteiger partial charge in [-0.2, -0.15) is 0 Å². The number of carbonyl (C=O) groups is 1. The van der Waals surface area contributed by atoms with E-state index in [0.29, 0.717) is 11.3 Å². The smallest absolute Gasteiger partial charge is 0.338 e. The van der Waals surface area contributed by atoms with Crippen molar-refractivity contribution in [1.29, 1.82) is 0 Å². The zero-order valence-electron chi connectivity index (χ0n) is 11.0. The van der Waals surface area contributed by atoms with Crippen LogP contribution in [-0.2, 0) is 6.42 Å². The molecule has 0 radical (unpaired) electrons. The highest BCUT2D eigenvalue weighted by Crippen LogP contribution is 2.28. The minimum atomic E-state index is -0.901. The first-order chi connectivity index (χ1) is 9.19. The van der Waals surface area contributed by atoms with Crippen molar-refractivity contribution in [3.8, 4) is 5.69 Å². The van der Waals surface area contributed by atoms with Crippen LogP contribution in [0.2, 0.25) is 0 Å². The Morgan fingerprint density at radius 3 is 2.84 bits per heavy atom. The lowest BCUT2D eigenvalue weighted by atomic mass is 10.1. The summed E-state index contributed by atoms with van der Waals surface area (Å²) < 4.78 is 1.85. The van der Waals surface area contributed by atoms with E-state index in [1.165, 1.54) is 0 Å². The normalized spacial score (nSPS) is 10.6. The third-order valence-electron chi connectivity index (χ3n) is 2.81. The summed E-state index contributed by atoms with van der Waals surface area (Å²) in [5.41, 5.74) is 1.03. The molecule has 1 N–H and O–H groups in total. The van der Waals surface area contributed by atoms with Crippen LogP contribution in [0.25, 0.3) is 5.69 Å². The molecule has 0 aliphatic rings. The summed E-state index contributed by atoms with van der Waals surface area (Å²) >= 11 is 1.54. The van der Waals surface area contributed by atoms with Gasteiger partial charge in [-0.3, -0.25) is 0 Å². The molecule has 0 fully saturated rings. The number of hydrogen-bond donors (Lipinski definition) is 1. The molecular formula is C14H16N2O2S. The van der Waals surface area contributed by atoms with E-state index in [2.05, 4.69) is 4.98 Å². The molecule has 0 atom stereocenters. The summed E-state index contributed by atoms with van der Waals surface area (Å²) in [5.74, 6) is 0.803. The molecule has 19 heavy (non-hydrogen) atoms. The number of nitrogens with zero attached hydrogens (tertiary/aromatic N) is 2. The van der Waals surface area contributed by atoms with Gasteiger partial charge in [0.25, 0.3) is 0 Å². The van der Waals surface area contributed by atoms with E-state index < -0.39 is 5.97 Å². The summed E-state index contributed by atoms with van der Waals surface area (Å²) in [6.07, 6.45) is 4.27. The molecule has 0 bridgehead atoms. The molecule has 1 aromatic carbocycles. The summed E-state index contributed by atoms with van der Waals surface area (Å²) in [7, 11) is 0. The predicted octanol–water partition coefficient (Wildman–Crippen LogP) is 3.24. The van der Waals surface area contributed by atoms with E-state index in [4.69, 9.17) is 0 Å². The van der Waals surface area contributed by atoms with Crippen LogP contribution < -0.4 is 0 Å². The number of aryl methyl sites for hydroxylation is 1. The molecule has 0 saturated heterocycles. The Hall–Kier alpha value is -1.75. The van der Waals surface area contributed by atoms with Crippen molar-refractivity contribution in [2.45, 2.75) is 25.2 Å². The van der Waals surface area contributed by atoms with Crippen molar-refractivity contribution >= 4 is 17.7 Å². The highest BCUT2D eigenvalue weighted by Gasteiger charge is 2.18. The predicted molar refractivity (Wildman–Crippen MR) is 76.3 cm³/mol. The number of aromatic carboxylic acids is 1. The lowest BCUT2D eigenvalue weighted by Gasteiger charge is -2.13. The van der Waals surface area contributed by atoms with Crippen molar-refractivity contribution in [3.05, 3.63) is 42.0 Å². The molecule has 0 aliphatic heterocycles. The zero-order chi connectivity index (χ0) is 13.8. The first kappa shape index (κ1) is 13.7. The SMILES string of the molecule is CCSc1cccc(-n2ccnc2CC)c1C(=O)O. The highest BCUT2D eigenvalue weighted by molar-refractivity contribution is 7.99. The third kappa shape index (κ3) is 2.66. The minimum Gasteiger partial charge on any atom is -0.478 e. The van der Waals surface area contributed by atoms with E-state index >= 15 is 0 Å². The molecule has 5 heteroatoms. The number of aromatic nitrogens is 2. The molecule has 1 heterocycles. The molecule has 4 nitrogen and oxygen atoms in total. The van der Waals surface area contributed by atoms with Crippen molar-refractivity contribution in [2.24, 2.45) is 0 Å². The lowest BCUT2D eigenvalue weighted by molar-refractivity contribution is 0.0693. The summed E-state index contributed by atoms with van der Waals surface area (Å²) in [6, 6.07) is 5.56. The third-order valence-corrected chi connectivity index (χ3v) is 3.75. The van der Waals surface area contributed by atoms with E-state index in [1.54, 1.807) is 24.2 Å². The van der Waals surface area contributed by atoms with Crippen LogP contribution in [0.15, 0.2) is 35.5 Å². The average Bonchev–Trinajstić information content (AvgIpc) is 2.86. The van der Waals surface area contributed by atoms with Gasteiger partial charge in [-0.1, -0.05) is 19.9 Å². The monoisotopic (exact) mass is 276 g/mol. The molecule has 0 unspecified atom stereocenters. The van der Waals surface area contributed by atoms with Gasteiger partial charge in [0.2, 0.25) is 0 Å². The fourth-order valence-electron chi connectivity index (χ4n) is 2.03. The fourth-order valence-corrected chi connectivity index (χ4v) is 2.85. The molecule has 0 spiro atoms. The van der Waals surface area contributed by atoms with Gasteiger partial charge in [-0.25, -0.2) is 9.78 Å². The van der Waals surface area contributed by atoms with Crippen LogP contribution in [-0.4, -0.2) is 26.4 Å². The minimum absolute atomic E-state index is 0.349. The van der Waals surface area contributed by atoms with Crippen LogP contribution in [0.5, 0.6) is 0 Å². The van der Waals surface area contributed by atoms with Crippen molar-refractivity contribution < 1.29 is 9.90 Å². The number of imidazole rings is 1. The fraction of sp³-hybridized carbons (Fsp3) is 0.286. The van der Waals surface area contributed by atoms with Gasteiger partial charge < -0.3 is 9.67 Å². The van der Waals surface area contributed by atoms with Gasteiger partial charge in [0, 0.05) is 23.7 Å². The van der Waals surface area contributed by atoms with Crippen LogP contribution >= 0.6 is 11.8 Å². The second-order valence-corrected chi connectivity index (χ2v) is 5.26. The van der Waals surface area contributed by atoms with Crippen LogP contribution in [0.3, 0.4) is 0 Å². The van der Waals surface area contributed by atoms with E-state index in [1.807, 2.05) is 36.6 Å². The summed E-state index contributed by atoms with van der Waals surface area (Å²) in [6.45, 7) is 4.02. The Morgan fingerprint density at radius 1 is 1.42 bits per heavy atom. The van der Waals surface area contributed by atoms with Crippen molar-refractivity contribution in [2.75, 3.05) is 5.75 Å². The molecule has 2 aromatic rings. The van der Waals surface area contributed by atoms with Gasteiger partial charge in [0.05, 0.1) is 11.3 Å². The van der Waals surface area contributed by atoms with Crippen LogP contribution in [0.4, 0.5) is 0 Å². The summed E-state index contributed by atoms with van der Waals surface area (Å²) in [5, 5.41) is 9.49. The van der Waals surface area contributed by atoms with Crippen LogP contribution in [0.1, 0.15) is 30.0 Å².